The lowest BCUT2D eigenvalue weighted by molar-refractivity contribution is -0.146. The van der Waals surface area contributed by atoms with E-state index in [1.807, 2.05) is 52.8 Å². The van der Waals surface area contributed by atoms with Crippen molar-refractivity contribution in [1.29, 1.82) is 0 Å². The monoisotopic (exact) mass is 545 g/mol. The first-order chi connectivity index (χ1) is 18.1. The Balaban J connectivity index is 3.66. The maximum Gasteiger partial charge on any atom is 0.408 e. The molecule has 0 aromatic heterocycles. The number of hydrogen-bond acceptors (Lipinski definition) is 4. The number of ether oxygens (including phenoxy) is 1. The third-order valence-electron chi connectivity index (χ3n) is 7.25. The van der Waals surface area contributed by atoms with Gasteiger partial charge in [0.2, 0.25) is 11.8 Å². The van der Waals surface area contributed by atoms with E-state index in [2.05, 4.69) is 31.4 Å². The van der Waals surface area contributed by atoms with Gasteiger partial charge in [0.05, 0.1) is 0 Å². The molecular weight excluding hydrogens is 490 g/mol. The van der Waals surface area contributed by atoms with Crippen molar-refractivity contribution in [2.24, 2.45) is 11.8 Å². The van der Waals surface area contributed by atoms with E-state index in [9.17, 15) is 14.4 Å². The molecule has 1 aromatic rings. The van der Waals surface area contributed by atoms with Crippen LogP contribution in [0.1, 0.15) is 117 Å². The van der Waals surface area contributed by atoms with Gasteiger partial charge in [0, 0.05) is 12.6 Å². The topological polar surface area (TPSA) is 87.7 Å². The Morgan fingerprint density at radius 3 is 2.13 bits per heavy atom. The average Bonchev–Trinajstić information content (AvgIpc) is 2.84. The number of carbonyl (C=O) groups excluding carboxylic acids is 3. The van der Waals surface area contributed by atoms with Crippen LogP contribution in [0, 0.1) is 25.7 Å². The van der Waals surface area contributed by atoms with Crippen LogP contribution < -0.4 is 10.6 Å². The fourth-order valence-electron chi connectivity index (χ4n) is 4.45. The second kappa shape index (κ2) is 15.9. The molecule has 0 aliphatic rings. The molecule has 0 saturated heterocycles. The first-order valence-corrected chi connectivity index (χ1v) is 14.8. The highest BCUT2D eigenvalue weighted by atomic mass is 16.6. The molecule has 0 bridgehead atoms. The Bertz CT molecular complexity index is 938. The summed E-state index contributed by atoms with van der Waals surface area (Å²) >= 11 is 0. The minimum Gasteiger partial charge on any atom is -0.444 e. The molecule has 0 radical (unpaired) electrons. The fraction of sp³-hybridized carbons (Fsp3) is 0.719. The van der Waals surface area contributed by atoms with Crippen LogP contribution in [-0.2, 0) is 14.3 Å². The zero-order valence-electron chi connectivity index (χ0n) is 26.4. The third-order valence-corrected chi connectivity index (χ3v) is 7.25. The number of unbranched alkanes of at least 4 members (excludes halogenated alkanes) is 1. The second-order valence-corrected chi connectivity index (χ2v) is 12.5. The van der Waals surface area contributed by atoms with Crippen LogP contribution >= 0.6 is 0 Å². The Hall–Kier alpha value is -2.57. The van der Waals surface area contributed by atoms with Crippen molar-refractivity contribution in [3.8, 4) is 0 Å². The molecule has 0 aliphatic carbocycles. The normalized spacial score (nSPS) is 14.8. The first-order valence-electron chi connectivity index (χ1n) is 14.8. The molecule has 0 aliphatic heterocycles. The number of aryl methyl sites for hydroxylation is 2. The average molecular weight is 546 g/mol. The van der Waals surface area contributed by atoms with E-state index in [1.165, 1.54) is 0 Å². The minimum absolute atomic E-state index is 0.159. The van der Waals surface area contributed by atoms with E-state index in [0.29, 0.717) is 18.9 Å². The molecule has 2 N–H and O–H groups in total. The van der Waals surface area contributed by atoms with Crippen molar-refractivity contribution in [2.75, 3.05) is 6.54 Å². The largest absolute Gasteiger partial charge is 0.444 e. The van der Waals surface area contributed by atoms with Crippen molar-refractivity contribution >= 4 is 17.9 Å². The van der Waals surface area contributed by atoms with Gasteiger partial charge in [-0.25, -0.2) is 4.79 Å². The highest BCUT2D eigenvalue weighted by Crippen LogP contribution is 2.30. The van der Waals surface area contributed by atoms with Gasteiger partial charge in [-0.15, -0.1) is 0 Å². The lowest BCUT2D eigenvalue weighted by atomic mass is 9.92. The summed E-state index contributed by atoms with van der Waals surface area (Å²) in [6, 6.07) is 4.08. The summed E-state index contributed by atoms with van der Waals surface area (Å²) < 4.78 is 5.52. The number of carbonyl (C=O) groups is 3. The van der Waals surface area contributed by atoms with Gasteiger partial charge < -0.3 is 20.3 Å². The molecule has 7 nitrogen and oxygen atoms in total. The Morgan fingerprint density at radius 1 is 0.974 bits per heavy atom. The summed E-state index contributed by atoms with van der Waals surface area (Å²) in [7, 11) is 0. The van der Waals surface area contributed by atoms with Crippen molar-refractivity contribution in [3.05, 3.63) is 34.9 Å². The van der Waals surface area contributed by atoms with Crippen LogP contribution in [0.15, 0.2) is 18.2 Å². The number of amides is 3. The van der Waals surface area contributed by atoms with Crippen LogP contribution in [0.4, 0.5) is 4.79 Å². The third kappa shape index (κ3) is 11.2. The SMILES string of the molecule is CCCCNC(=O)C(c1ccc(C)c(C)c1)N(C(=O)C(NC(=O)OC(C)(C)C)C(C)CC)C(C)CCC(C)C. The Labute approximate surface area is 237 Å². The number of alkyl carbamates (subject to hydrolysis) is 1. The van der Waals surface area contributed by atoms with Gasteiger partial charge in [-0.3, -0.25) is 9.59 Å². The van der Waals surface area contributed by atoms with Gasteiger partial charge in [-0.1, -0.05) is 65.7 Å². The number of hydrogen-bond donors (Lipinski definition) is 2. The van der Waals surface area contributed by atoms with Gasteiger partial charge in [0.1, 0.15) is 17.7 Å². The van der Waals surface area contributed by atoms with Gasteiger partial charge in [-0.2, -0.15) is 0 Å². The maximum atomic E-state index is 14.5. The molecule has 0 heterocycles. The summed E-state index contributed by atoms with van der Waals surface area (Å²) in [5.41, 5.74) is 2.26. The molecule has 0 saturated carbocycles. The molecule has 0 fully saturated rings. The lowest BCUT2D eigenvalue weighted by Gasteiger charge is -2.40. The van der Waals surface area contributed by atoms with Crippen LogP contribution in [-0.4, -0.2) is 47.0 Å². The van der Waals surface area contributed by atoms with Gasteiger partial charge in [0.25, 0.3) is 0 Å². The summed E-state index contributed by atoms with van der Waals surface area (Å²) in [5, 5.41) is 5.94. The molecule has 4 atom stereocenters. The predicted molar refractivity (Wildman–Crippen MR) is 160 cm³/mol. The number of benzene rings is 1. The molecular formula is C32H55N3O4. The summed E-state index contributed by atoms with van der Waals surface area (Å²) in [4.78, 5) is 42.9. The zero-order chi connectivity index (χ0) is 29.9. The van der Waals surface area contributed by atoms with E-state index in [0.717, 1.165) is 42.4 Å². The molecule has 222 valence electrons. The number of rotatable bonds is 14. The summed E-state index contributed by atoms with van der Waals surface area (Å²) in [6.45, 7) is 22.3. The van der Waals surface area contributed by atoms with E-state index in [1.54, 1.807) is 25.7 Å². The molecule has 4 unspecified atom stereocenters. The van der Waals surface area contributed by atoms with Gasteiger partial charge >= 0.3 is 6.09 Å². The van der Waals surface area contributed by atoms with Crippen molar-refractivity contribution in [1.82, 2.24) is 15.5 Å². The summed E-state index contributed by atoms with van der Waals surface area (Å²) in [5.74, 6) is -0.168. The fourth-order valence-corrected chi connectivity index (χ4v) is 4.45. The van der Waals surface area contributed by atoms with Crippen molar-refractivity contribution in [3.63, 3.8) is 0 Å². The summed E-state index contributed by atoms with van der Waals surface area (Å²) in [6.07, 6.45) is 3.51. The molecule has 3 amide bonds. The molecule has 39 heavy (non-hydrogen) atoms. The van der Waals surface area contributed by atoms with Gasteiger partial charge in [0.15, 0.2) is 0 Å². The molecule has 1 rings (SSSR count). The molecule has 0 spiro atoms. The highest BCUT2D eigenvalue weighted by molar-refractivity contribution is 5.92. The quantitative estimate of drug-likeness (QED) is 0.250. The predicted octanol–water partition coefficient (Wildman–Crippen LogP) is 6.85. The standard InChI is InChI=1S/C32H55N3O4/c1-12-14-19-33-29(36)28(26-18-16-23(6)24(7)20-26)35(25(8)17-15-21(3)4)30(37)27(22(5)13-2)34-31(38)39-32(9,10)11/h16,18,20-22,25,27-28H,12-15,17,19H2,1-11H3,(H,33,36)(H,34,38). The smallest absolute Gasteiger partial charge is 0.408 e. The first kappa shape index (κ1) is 34.5. The minimum atomic E-state index is -0.830. The lowest BCUT2D eigenvalue weighted by Crippen LogP contribution is -2.57. The molecule has 1 aromatic carbocycles. The second-order valence-electron chi connectivity index (χ2n) is 12.5. The van der Waals surface area contributed by atoms with E-state index < -0.39 is 23.8 Å². The number of nitrogens with one attached hydrogen (secondary N) is 2. The zero-order valence-corrected chi connectivity index (χ0v) is 26.4. The van der Waals surface area contributed by atoms with Gasteiger partial charge in [-0.05, 0) is 89.3 Å². The van der Waals surface area contributed by atoms with Crippen molar-refractivity contribution < 1.29 is 19.1 Å². The van der Waals surface area contributed by atoms with E-state index in [-0.39, 0.29) is 23.8 Å². The van der Waals surface area contributed by atoms with E-state index in [4.69, 9.17) is 4.74 Å². The van der Waals surface area contributed by atoms with Crippen LogP contribution in [0.25, 0.3) is 0 Å². The Morgan fingerprint density at radius 2 is 1.62 bits per heavy atom. The highest BCUT2D eigenvalue weighted by Gasteiger charge is 2.40. The Kier molecular flexibility index (Phi) is 14.0. The molecule has 7 heteroatoms. The van der Waals surface area contributed by atoms with Crippen LogP contribution in [0.2, 0.25) is 0 Å². The maximum absolute atomic E-state index is 14.5. The van der Waals surface area contributed by atoms with E-state index >= 15 is 0 Å². The van der Waals surface area contributed by atoms with Crippen LogP contribution in [0.3, 0.4) is 0 Å². The number of nitrogens with zero attached hydrogens (tertiary/aromatic N) is 1. The van der Waals surface area contributed by atoms with Crippen LogP contribution in [0.5, 0.6) is 0 Å². The van der Waals surface area contributed by atoms with Crippen molar-refractivity contribution in [2.45, 2.75) is 132 Å².